The molecule has 2 aliphatic carbocycles. The molecule has 1 aromatic rings. The van der Waals surface area contributed by atoms with Crippen molar-refractivity contribution in [3.8, 4) is 0 Å². The van der Waals surface area contributed by atoms with Crippen LogP contribution in [0.4, 0.5) is 0 Å². The number of amides is 1. The van der Waals surface area contributed by atoms with Crippen LogP contribution in [0.25, 0.3) is 0 Å². The molecular formula is C17H25N3O2. The summed E-state index contributed by atoms with van der Waals surface area (Å²) in [6.45, 7) is 3.52. The van der Waals surface area contributed by atoms with Gasteiger partial charge in [0.05, 0.1) is 5.41 Å². The summed E-state index contributed by atoms with van der Waals surface area (Å²) >= 11 is 0. The summed E-state index contributed by atoms with van der Waals surface area (Å²) in [6, 6.07) is 0. The highest BCUT2D eigenvalue weighted by molar-refractivity contribution is 5.77. The predicted molar refractivity (Wildman–Crippen MR) is 81.2 cm³/mol. The van der Waals surface area contributed by atoms with Crippen LogP contribution in [0.3, 0.4) is 0 Å². The lowest BCUT2D eigenvalue weighted by molar-refractivity contribution is -0.131. The van der Waals surface area contributed by atoms with E-state index < -0.39 is 0 Å². The predicted octanol–water partition coefficient (Wildman–Crippen LogP) is 2.84. The number of hydrogen-bond acceptors (Lipinski definition) is 4. The van der Waals surface area contributed by atoms with Gasteiger partial charge in [-0.05, 0) is 37.5 Å². The van der Waals surface area contributed by atoms with Gasteiger partial charge in [-0.3, -0.25) is 4.79 Å². The molecule has 0 radical (unpaired) electrons. The molecule has 0 N–H and O–H groups in total. The van der Waals surface area contributed by atoms with Gasteiger partial charge in [0.25, 0.3) is 0 Å². The third kappa shape index (κ3) is 2.25. The van der Waals surface area contributed by atoms with Crippen molar-refractivity contribution in [2.24, 2.45) is 11.8 Å². The lowest BCUT2D eigenvalue weighted by atomic mass is 9.80. The molecule has 0 unspecified atom stereocenters. The minimum Gasteiger partial charge on any atom is -0.341 e. The molecule has 1 amide bonds. The topological polar surface area (TPSA) is 59.2 Å². The lowest BCUT2D eigenvalue weighted by Gasteiger charge is -2.25. The van der Waals surface area contributed by atoms with Gasteiger partial charge in [-0.1, -0.05) is 24.4 Å². The highest BCUT2D eigenvalue weighted by Gasteiger charge is 2.54. The van der Waals surface area contributed by atoms with Gasteiger partial charge in [0.1, 0.15) is 0 Å². The zero-order valence-corrected chi connectivity index (χ0v) is 13.4. The summed E-state index contributed by atoms with van der Waals surface area (Å²) < 4.78 is 5.22. The number of aryl methyl sites for hydroxylation is 1. The van der Waals surface area contributed by atoms with E-state index in [-0.39, 0.29) is 5.41 Å². The monoisotopic (exact) mass is 303 g/mol. The Bertz CT molecular complexity index is 564. The maximum absolute atomic E-state index is 12.7. The van der Waals surface area contributed by atoms with E-state index in [2.05, 4.69) is 15.0 Å². The van der Waals surface area contributed by atoms with Crippen LogP contribution >= 0.6 is 0 Å². The SMILES string of the molecule is Cc1nc([C@@]23CCC[C@@H]2CN(C(=O)CC2CCCC2)C3)no1. The number of carbonyl (C=O) groups excluding carboxylic acids is 1. The smallest absolute Gasteiger partial charge is 0.223 e. The molecule has 3 aliphatic rings. The fourth-order valence-electron chi connectivity index (χ4n) is 4.94. The van der Waals surface area contributed by atoms with Crippen LogP contribution in [0.15, 0.2) is 4.52 Å². The molecule has 2 saturated carbocycles. The molecule has 5 heteroatoms. The molecule has 1 saturated heterocycles. The third-order valence-corrected chi connectivity index (χ3v) is 6.13. The molecule has 0 spiro atoms. The number of rotatable bonds is 3. The van der Waals surface area contributed by atoms with Crippen molar-refractivity contribution in [1.82, 2.24) is 15.0 Å². The lowest BCUT2D eigenvalue weighted by Crippen LogP contribution is -2.35. The minimum absolute atomic E-state index is 0.0386. The highest BCUT2D eigenvalue weighted by atomic mass is 16.5. The summed E-state index contributed by atoms with van der Waals surface area (Å²) in [7, 11) is 0. The molecule has 1 aliphatic heterocycles. The quantitative estimate of drug-likeness (QED) is 0.861. The second kappa shape index (κ2) is 5.36. The summed E-state index contributed by atoms with van der Waals surface area (Å²) in [5.74, 6) is 2.95. The molecule has 5 nitrogen and oxygen atoms in total. The van der Waals surface area contributed by atoms with Crippen LogP contribution in [-0.4, -0.2) is 34.0 Å². The van der Waals surface area contributed by atoms with Gasteiger partial charge in [0, 0.05) is 26.4 Å². The van der Waals surface area contributed by atoms with Crippen LogP contribution in [0.2, 0.25) is 0 Å². The normalized spacial score (nSPS) is 31.9. The van der Waals surface area contributed by atoms with Gasteiger partial charge in [0.2, 0.25) is 11.8 Å². The molecule has 0 aromatic carbocycles. The van der Waals surface area contributed by atoms with Gasteiger partial charge in [0.15, 0.2) is 5.82 Å². The second-order valence-electron chi connectivity index (χ2n) is 7.51. The molecular weight excluding hydrogens is 278 g/mol. The molecule has 4 rings (SSSR count). The Morgan fingerprint density at radius 1 is 1.32 bits per heavy atom. The number of nitrogens with zero attached hydrogens (tertiary/aromatic N) is 3. The molecule has 3 fully saturated rings. The van der Waals surface area contributed by atoms with Gasteiger partial charge < -0.3 is 9.42 Å². The average Bonchev–Trinajstić information content (AvgIpc) is 3.19. The Kier molecular flexibility index (Phi) is 3.46. The molecule has 2 heterocycles. The number of fused-ring (bicyclic) bond motifs is 1. The number of hydrogen-bond donors (Lipinski definition) is 0. The number of carbonyl (C=O) groups is 1. The molecule has 0 bridgehead atoms. The first-order chi connectivity index (χ1) is 10.7. The zero-order valence-electron chi connectivity index (χ0n) is 13.4. The number of likely N-dealkylation sites (tertiary alicyclic amines) is 1. The van der Waals surface area contributed by atoms with Gasteiger partial charge in [-0.25, -0.2) is 0 Å². The summed E-state index contributed by atoms with van der Waals surface area (Å²) in [4.78, 5) is 19.3. The first-order valence-electron chi connectivity index (χ1n) is 8.76. The van der Waals surface area contributed by atoms with Crippen molar-refractivity contribution in [3.63, 3.8) is 0 Å². The molecule has 1 aromatic heterocycles. The van der Waals surface area contributed by atoms with Crippen LogP contribution in [-0.2, 0) is 10.2 Å². The molecule has 120 valence electrons. The number of aromatic nitrogens is 2. The Morgan fingerprint density at radius 2 is 2.14 bits per heavy atom. The van der Waals surface area contributed by atoms with Crippen molar-refractivity contribution in [2.75, 3.05) is 13.1 Å². The minimum atomic E-state index is -0.0386. The van der Waals surface area contributed by atoms with Gasteiger partial charge >= 0.3 is 0 Å². The Hall–Kier alpha value is -1.39. The van der Waals surface area contributed by atoms with Crippen molar-refractivity contribution in [1.29, 1.82) is 0 Å². The Morgan fingerprint density at radius 3 is 2.86 bits per heavy atom. The van der Waals surface area contributed by atoms with Crippen molar-refractivity contribution in [3.05, 3.63) is 11.7 Å². The largest absolute Gasteiger partial charge is 0.341 e. The van der Waals surface area contributed by atoms with E-state index in [0.29, 0.717) is 23.6 Å². The first kappa shape index (κ1) is 14.2. The fourth-order valence-corrected chi connectivity index (χ4v) is 4.94. The summed E-state index contributed by atoms with van der Waals surface area (Å²) in [5.41, 5.74) is -0.0386. The molecule has 22 heavy (non-hydrogen) atoms. The summed E-state index contributed by atoms with van der Waals surface area (Å²) in [6.07, 6.45) is 9.29. The van der Waals surface area contributed by atoms with E-state index in [0.717, 1.165) is 31.8 Å². The van der Waals surface area contributed by atoms with Crippen LogP contribution in [0.5, 0.6) is 0 Å². The Labute approximate surface area is 131 Å². The first-order valence-corrected chi connectivity index (χ1v) is 8.76. The van der Waals surface area contributed by atoms with Crippen molar-refractivity contribution < 1.29 is 9.32 Å². The van der Waals surface area contributed by atoms with Crippen LogP contribution in [0, 0.1) is 18.8 Å². The van der Waals surface area contributed by atoms with Crippen molar-refractivity contribution in [2.45, 2.75) is 63.7 Å². The van der Waals surface area contributed by atoms with E-state index in [9.17, 15) is 4.79 Å². The fraction of sp³-hybridized carbons (Fsp3) is 0.824. The van der Waals surface area contributed by atoms with Crippen LogP contribution in [0.1, 0.15) is 63.1 Å². The van der Waals surface area contributed by atoms with E-state index in [4.69, 9.17) is 4.52 Å². The van der Waals surface area contributed by atoms with Gasteiger partial charge in [-0.15, -0.1) is 0 Å². The van der Waals surface area contributed by atoms with Crippen LogP contribution < -0.4 is 0 Å². The van der Waals surface area contributed by atoms with E-state index in [1.54, 1.807) is 0 Å². The second-order valence-corrected chi connectivity index (χ2v) is 7.51. The zero-order chi connectivity index (χ0) is 15.2. The average molecular weight is 303 g/mol. The third-order valence-electron chi connectivity index (χ3n) is 6.13. The van der Waals surface area contributed by atoms with Gasteiger partial charge in [-0.2, -0.15) is 4.98 Å². The molecule has 2 atom stereocenters. The summed E-state index contributed by atoms with van der Waals surface area (Å²) in [5, 5.41) is 4.20. The maximum atomic E-state index is 12.7. The van der Waals surface area contributed by atoms with Crippen molar-refractivity contribution >= 4 is 5.91 Å². The van der Waals surface area contributed by atoms with E-state index in [1.165, 1.54) is 38.5 Å². The van der Waals surface area contributed by atoms with E-state index >= 15 is 0 Å². The standard InChI is InChI=1S/C17H25N3O2/c1-12-18-16(19-22-12)17-8-4-7-14(17)10-20(11-17)15(21)9-13-5-2-3-6-13/h13-14H,2-11H2,1H3/t14-,17-/m1/s1. The maximum Gasteiger partial charge on any atom is 0.223 e. The Balaban J connectivity index is 1.50. The van der Waals surface area contributed by atoms with E-state index in [1.807, 2.05) is 6.92 Å². The highest BCUT2D eigenvalue weighted by Crippen LogP contribution is 2.49.